The van der Waals surface area contributed by atoms with E-state index in [1.54, 1.807) is 20.7 Å². The van der Waals surface area contributed by atoms with Crippen molar-refractivity contribution in [3.63, 3.8) is 0 Å². The summed E-state index contributed by atoms with van der Waals surface area (Å²) in [5.74, 6) is 0. The molecular weight excluding hydrogens is 672 g/mol. The van der Waals surface area contributed by atoms with Crippen LogP contribution in [-0.2, 0) is 0 Å². The third-order valence-electron chi connectivity index (χ3n) is 10.0. The summed E-state index contributed by atoms with van der Waals surface area (Å²) in [4.78, 5) is 0. The average Bonchev–Trinajstić information content (AvgIpc) is 3.02. The highest BCUT2D eigenvalue weighted by Gasteiger charge is 2.31. The Hall–Kier alpha value is -2.86. The Bertz CT molecular complexity index is 2030. The molecule has 49 heavy (non-hydrogen) atoms. The zero-order chi connectivity index (χ0) is 35.5. The number of rotatable bonds is 8. The third kappa shape index (κ3) is 7.46. The van der Waals surface area contributed by atoms with Crippen molar-refractivity contribution in [3.8, 4) is 11.1 Å². The topological polar surface area (TPSA) is 0 Å². The molecule has 0 nitrogen and oxygen atoms in total. The molecule has 6 aromatic rings. The molecule has 0 aromatic heterocycles. The molecule has 0 fully saturated rings. The summed E-state index contributed by atoms with van der Waals surface area (Å²) in [5, 5.41) is 16.2. The highest BCUT2D eigenvalue weighted by atomic mass is 31.1. The van der Waals surface area contributed by atoms with Gasteiger partial charge in [0, 0.05) is 0 Å². The zero-order valence-electron chi connectivity index (χ0n) is 31.9. The van der Waals surface area contributed by atoms with E-state index in [0.717, 1.165) is 0 Å². The van der Waals surface area contributed by atoms with Crippen LogP contribution < -0.4 is 36.7 Å². The van der Waals surface area contributed by atoms with Crippen LogP contribution in [0.2, 0.25) is 78.6 Å². The van der Waals surface area contributed by atoms with Crippen molar-refractivity contribution in [1.82, 2.24) is 0 Å². The molecule has 252 valence electrons. The van der Waals surface area contributed by atoms with E-state index in [9.17, 15) is 0 Å². The molecule has 0 aliphatic carbocycles. The van der Waals surface area contributed by atoms with Crippen molar-refractivity contribution >= 4 is 98.4 Å². The summed E-state index contributed by atoms with van der Waals surface area (Å²) in [6.07, 6.45) is 0. The van der Waals surface area contributed by atoms with Crippen LogP contribution in [0.15, 0.2) is 115 Å². The van der Waals surface area contributed by atoms with Gasteiger partial charge in [-0.1, -0.05) is 215 Å². The number of hydrogen-bond acceptors (Lipinski definition) is 0. The van der Waals surface area contributed by atoms with Crippen molar-refractivity contribution < 1.29 is 0 Å². The Morgan fingerprint density at radius 2 is 0.755 bits per heavy atom. The van der Waals surface area contributed by atoms with E-state index < -0.39 is 40.2 Å². The molecule has 0 N–H and O–H groups in total. The molecule has 0 aliphatic heterocycles. The summed E-state index contributed by atoms with van der Waals surface area (Å²) in [6.45, 7) is 30.3. The minimum absolute atomic E-state index is 0.884. The summed E-state index contributed by atoms with van der Waals surface area (Å²) < 4.78 is 0. The van der Waals surface area contributed by atoms with Crippen molar-refractivity contribution in [2.45, 2.75) is 78.6 Å². The van der Waals surface area contributed by atoms with Gasteiger partial charge in [0.1, 0.15) is 0 Å². The van der Waals surface area contributed by atoms with Crippen LogP contribution >= 0.6 is 7.92 Å². The number of hydrogen-bond donors (Lipinski definition) is 0. The van der Waals surface area contributed by atoms with Crippen molar-refractivity contribution in [2.24, 2.45) is 0 Å². The van der Waals surface area contributed by atoms with Gasteiger partial charge in [-0.3, -0.25) is 0 Å². The van der Waals surface area contributed by atoms with Gasteiger partial charge in [0.05, 0.1) is 32.3 Å². The van der Waals surface area contributed by atoms with Crippen LogP contribution in [0.3, 0.4) is 0 Å². The number of benzene rings is 6. The van der Waals surface area contributed by atoms with E-state index >= 15 is 0 Å². The minimum Gasteiger partial charge on any atom is -0.0656 e. The summed E-state index contributed by atoms with van der Waals surface area (Å²) in [7, 11) is -7.35. The molecule has 0 atom stereocenters. The fourth-order valence-corrected chi connectivity index (χ4v) is 14.9. The maximum absolute atomic E-state index is 2.65. The molecule has 0 bridgehead atoms. The van der Waals surface area contributed by atoms with Gasteiger partial charge in [-0.2, -0.15) is 0 Å². The lowest BCUT2D eigenvalue weighted by molar-refractivity contribution is 1.68. The summed E-state index contributed by atoms with van der Waals surface area (Å²) in [5.41, 5.74) is 2.75. The standard InChI is InChI=1S/C44H55PSi4/c1-46(2,3)36-26-34(27-37(30-36)47(4,5)6)45(35-28-38(48(7,8)9)31-39(29-35)49(10,11)12)43-25-24-33-19-14-16-22-41(33)44(43)42-23-17-20-32-18-13-15-21-40(32)42/h13-31H,1-12H3. The Labute approximate surface area is 301 Å². The predicted octanol–water partition coefficient (Wildman–Crippen LogP) is 9.60. The average molecular weight is 727 g/mol. The Kier molecular flexibility index (Phi) is 9.56. The second-order valence-corrected chi connectivity index (χ2v) is 40.6. The summed E-state index contributed by atoms with van der Waals surface area (Å²) >= 11 is 0. The van der Waals surface area contributed by atoms with Crippen LogP contribution in [0.4, 0.5) is 0 Å². The molecule has 0 saturated carbocycles. The van der Waals surface area contributed by atoms with E-state index in [1.165, 1.54) is 48.6 Å². The first-order valence-electron chi connectivity index (χ1n) is 17.9. The molecule has 0 unspecified atom stereocenters. The van der Waals surface area contributed by atoms with Crippen LogP contribution in [0.25, 0.3) is 32.7 Å². The fourth-order valence-electron chi connectivity index (χ4n) is 6.81. The van der Waals surface area contributed by atoms with E-state index in [2.05, 4.69) is 194 Å². The molecule has 0 aliphatic rings. The van der Waals surface area contributed by atoms with Gasteiger partial charge in [-0.05, 0) is 56.5 Å². The van der Waals surface area contributed by atoms with Crippen molar-refractivity contribution in [3.05, 3.63) is 115 Å². The first-order chi connectivity index (χ1) is 22.8. The fraction of sp³-hybridized carbons (Fsp3) is 0.273. The van der Waals surface area contributed by atoms with Crippen LogP contribution in [-0.4, -0.2) is 32.3 Å². The molecule has 6 rings (SSSR count). The quantitative estimate of drug-likeness (QED) is 0.108. The molecule has 5 heteroatoms. The van der Waals surface area contributed by atoms with Gasteiger partial charge in [0.25, 0.3) is 0 Å². The zero-order valence-corrected chi connectivity index (χ0v) is 36.8. The molecule has 0 saturated heterocycles. The molecule has 6 aromatic carbocycles. The molecule has 0 radical (unpaired) electrons. The highest BCUT2D eigenvalue weighted by Crippen LogP contribution is 2.42. The maximum Gasteiger partial charge on any atom is 0.0776 e. The Morgan fingerprint density at radius 1 is 0.367 bits per heavy atom. The van der Waals surface area contributed by atoms with Gasteiger partial charge in [0.15, 0.2) is 0 Å². The molecule has 0 amide bonds. The number of fused-ring (bicyclic) bond motifs is 2. The lowest BCUT2D eigenvalue weighted by Crippen LogP contribution is -2.49. The molecular formula is C44H55PSi4. The van der Waals surface area contributed by atoms with Crippen LogP contribution in [0, 0.1) is 0 Å². The van der Waals surface area contributed by atoms with E-state index in [-0.39, 0.29) is 0 Å². The Morgan fingerprint density at radius 3 is 1.20 bits per heavy atom. The Balaban J connectivity index is 1.81. The minimum atomic E-state index is -1.62. The van der Waals surface area contributed by atoms with Gasteiger partial charge < -0.3 is 0 Å². The van der Waals surface area contributed by atoms with Crippen molar-refractivity contribution in [2.75, 3.05) is 0 Å². The lowest BCUT2D eigenvalue weighted by atomic mass is 9.94. The van der Waals surface area contributed by atoms with Crippen LogP contribution in [0.5, 0.6) is 0 Å². The largest absolute Gasteiger partial charge is 0.0776 e. The molecule has 0 spiro atoms. The second-order valence-electron chi connectivity index (χ2n) is 18.1. The predicted molar refractivity (Wildman–Crippen MR) is 238 cm³/mol. The smallest absolute Gasteiger partial charge is 0.0656 e. The summed E-state index contributed by atoms with van der Waals surface area (Å²) in [6, 6.07) is 45.7. The third-order valence-corrected chi connectivity index (χ3v) is 20.5. The normalized spacial score (nSPS) is 13.1. The first kappa shape index (κ1) is 35.9. The highest BCUT2D eigenvalue weighted by molar-refractivity contribution is 7.80. The monoisotopic (exact) mass is 726 g/mol. The van der Waals surface area contributed by atoms with Gasteiger partial charge >= 0.3 is 0 Å². The van der Waals surface area contributed by atoms with Crippen molar-refractivity contribution in [1.29, 1.82) is 0 Å². The van der Waals surface area contributed by atoms with E-state index in [0.29, 0.717) is 0 Å². The lowest BCUT2D eigenvalue weighted by Gasteiger charge is -2.31. The second kappa shape index (κ2) is 13.0. The van der Waals surface area contributed by atoms with Crippen LogP contribution in [0.1, 0.15) is 0 Å². The first-order valence-corrected chi connectivity index (χ1v) is 33.3. The molecule has 0 heterocycles. The van der Waals surface area contributed by atoms with Gasteiger partial charge in [-0.15, -0.1) is 0 Å². The SMILES string of the molecule is C[Si](C)(C)c1cc(P(c2cc([Si](C)(C)C)cc([Si](C)(C)C)c2)c2ccc3ccccc3c2-c2cccc3ccccc23)cc([Si](C)(C)C)c1. The van der Waals surface area contributed by atoms with Gasteiger partial charge in [0.2, 0.25) is 0 Å². The van der Waals surface area contributed by atoms with E-state index in [1.807, 2.05) is 0 Å². The van der Waals surface area contributed by atoms with Gasteiger partial charge in [-0.25, -0.2) is 0 Å². The maximum atomic E-state index is 2.65. The van der Waals surface area contributed by atoms with E-state index in [4.69, 9.17) is 0 Å².